The molecule has 152 valence electrons. The molecule has 0 fully saturated rings. The first-order valence-electron chi connectivity index (χ1n) is 9.24. The van der Waals surface area contributed by atoms with Crippen LogP contribution in [0.1, 0.15) is 23.7 Å². The summed E-state index contributed by atoms with van der Waals surface area (Å²) in [7, 11) is 0. The van der Waals surface area contributed by atoms with Crippen LogP contribution in [-0.4, -0.2) is 27.1 Å². The normalized spacial score (nSPS) is 10.9. The van der Waals surface area contributed by atoms with Crippen molar-refractivity contribution in [3.63, 3.8) is 0 Å². The maximum Gasteiger partial charge on any atom is 0.328 e. The van der Waals surface area contributed by atoms with Crippen molar-refractivity contribution in [3.8, 4) is 17.2 Å². The summed E-state index contributed by atoms with van der Waals surface area (Å²) in [5.74, 6) is 0.518. The van der Waals surface area contributed by atoms with Crippen LogP contribution in [0, 0.1) is 0 Å². The van der Waals surface area contributed by atoms with Crippen molar-refractivity contribution in [1.82, 2.24) is 14.6 Å². The molecule has 0 aliphatic carbocycles. The molecule has 0 unspecified atom stereocenters. The van der Waals surface area contributed by atoms with E-state index in [0.717, 1.165) is 16.7 Å². The highest BCUT2D eigenvalue weighted by atomic mass is 35.5. The van der Waals surface area contributed by atoms with Gasteiger partial charge in [0.05, 0.1) is 12.8 Å². The minimum atomic E-state index is -0.555. The lowest BCUT2D eigenvalue weighted by molar-refractivity contribution is 0.102. The molecule has 0 saturated heterocycles. The Labute approximate surface area is 176 Å². The molecule has 2 aromatic heterocycles. The van der Waals surface area contributed by atoms with Crippen LogP contribution in [0.5, 0.6) is 5.75 Å². The minimum Gasteiger partial charge on any atom is -0.494 e. The number of rotatable bonds is 6. The molecule has 0 saturated carbocycles. The van der Waals surface area contributed by atoms with Crippen LogP contribution in [-0.2, 0) is 0 Å². The zero-order valence-electron chi connectivity index (χ0n) is 16.0. The fourth-order valence-electron chi connectivity index (χ4n) is 2.70. The van der Waals surface area contributed by atoms with Crippen LogP contribution in [0.2, 0.25) is 5.02 Å². The maximum atomic E-state index is 12.7. The second-order valence-electron chi connectivity index (χ2n) is 6.41. The Morgan fingerprint density at radius 1 is 1.17 bits per heavy atom. The van der Waals surface area contributed by atoms with Crippen molar-refractivity contribution in [3.05, 3.63) is 75.7 Å². The second kappa shape index (κ2) is 8.38. The third-order valence-electron chi connectivity index (χ3n) is 4.22. The summed E-state index contributed by atoms with van der Waals surface area (Å²) in [5, 5.41) is 7.24. The average molecular weight is 425 g/mol. The van der Waals surface area contributed by atoms with E-state index in [1.165, 1.54) is 6.20 Å². The number of anilines is 1. The van der Waals surface area contributed by atoms with Crippen LogP contribution < -0.4 is 15.6 Å². The van der Waals surface area contributed by atoms with E-state index in [9.17, 15) is 9.59 Å². The van der Waals surface area contributed by atoms with Crippen LogP contribution in [0.15, 0.2) is 63.9 Å². The van der Waals surface area contributed by atoms with E-state index in [-0.39, 0.29) is 17.4 Å². The smallest absolute Gasteiger partial charge is 0.328 e. The van der Waals surface area contributed by atoms with Crippen LogP contribution in [0.3, 0.4) is 0 Å². The lowest BCUT2D eigenvalue weighted by Crippen LogP contribution is -2.23. The van der Waals surface area contributed by atoms with Gasteiger partial charge in [0.1, 0.15) is 11.4 Å². The summed E-state index contributed by atoms with van der Waals surface area (Å²) < 4.78 is 12.1. The van der Waals surface area contributed by atoms with Gasteiger partial charge in [-0.05, 0) is 55.0 Å². The Kier molecular flexibility index (Phi) is 5.49. The number of benzene rings is 2. The Balaban J connectivity index is 1.59. The minimum absolute atomic E-state index is 0.0180. The van der Waals surface area contributed by atoms with Gasteiger partial charge in [0, 0.05) is 16.1 Å². The van der Waals surface area contributed by atoms with Crippen LogP contribution in [0.4, 0.5) is 5.69 Å². The topological polar surface area (TPSA) is 98.7 Å². The predicted molar refractivity (Wildman–Crippen MR) is 112 cm³/mol. The van der Waals surface area contributed by atoms with E-state index >= 15 is 0 Å². The summed E-state index contributed by atoms with van der Waals surface area (Å²) in [5.41, 5.74) is 0.446. The first-order valence-corrected chi connectivity index (χ1v) is 9.62. The van der Waals surface area contributed by atoms with Gasteiger partial charge in [0.15, 0.2) is 0 Å². The van der Waals surface area contributed by atoms with E-state index in [1.54, 1.807) is 48.5 Å². The number of halogens is 1. The number of amides is 1. The van der Waals surface area contributed by atoms with Crippen molar-refractivity contribution in [2.75, 3.05) is 11.9 Å². The quantitative estimate of drug-likeness (QED) is 0.501. The van der Waals surface area contributed by atoms with Gasteiger partial charge in [-0.1, -0.05) is 18.5 Å². The summed E-state index contributed by atoms with van der Waals surface area (Å²) in [4.78, 5) is 29.2. The fourth-order valence-corrected chi connectivity index (χ4v) is 2.82. The highest BCUT2D eigenvalue weighted by Crippen LogP contribution is 2.22. The number of nitrogens with zero attached hydrogens (tertiary/aromatic N) is 3. The fraction of sp³-hybridized carbons (Fsp3) is 0.143. The lowest BCUT2D eigenvalue weighted by atomic mass is 10.2. The molecule has 0 bridgehead atoms. The molecule has 2 aromatic carbocycles. The summed E-state index contributed by atoms with van der Waals surface area (Å²) in [6, 6.07) is 13.5. The van der Waals surface area contributed by atoms with E-state index in [2.05, 4.69) is 15.4 Å². The number of ether oxygens (including phenoxy) is 1. The van der Waals surface area contributed by atoms with Crippen molar-refractivity contribution in [2.24, 2.45) is 0 Å². The zero-order chi connectivity index (χ0) is 21.1. The molecule has 1 amide bonds. The highest BCUT2D eigenvalue weighted by Gasteiger charge is 2.15. The van der Waals surface area contributed by atoms with E-state index in [4.69, 9.17) is 20.8 Å². The second-order valence-corrected chi connectivity index (χ2v) is 6.85. The number of aromatic nitrogens is 3. The van der Waals surface area contributed by atoms with E-state index in [1.807, 2.05) is 6.92 Å². The van der Waals surface area contributed by atoms with E-state index < -0.39 is 11.5 Å². The van der Waals surface area contributed by atoms with Crippen LogP contribution >= 0.6 is 11.6 Å². The van der Waals surface area contributed by atoms with Gasteiger partial charge in [-0.15, -0.1) is 9.61 Å². The Morgan fingerprint density at radius 2 is 1.90 bits per heavy atom. The van der Waals surface area contributed by atoms with Crippen molar-refractivity contribution < 1.29 is 13.9 Å². The largest absolute Gasteiger partial charge is 0.494 e. The Bertz CT molecular complexity index is 1250. The lowest BCUT2D eigenvalue weighted by Gasteiger charge is -2.04. The number of nitrogens with one attached hydrogen (secondary N) is 1. The molecular formula is C21H17ClN4O4. The maximum absolute atomic E-state index is 12.7. The van der Waals surface area contributed by atoms with Gasteiger partial charge >= 0.3 is 11.4 Å². The summed E-state index contributed by atoms with van der Waals surface area (Å²) in [6.07, 6.45) is 2.15. The van der Waals surface area contributed by atoms with Gasteiger partial charge in [0.25, 0.3) is 5.91 Å². The molecule has 0 radical (unpaired) electrons. The SMILES string of the molecule is CCCOc1ccc(-c2nn3c(=O)c(NC(=O)c4ccc(Cl)cc4)cnc3o2)cc1. The molecule has 30 heavy (non-hydrogen) atoms. The molecule has 2 heterocycles. The molecule has 8 nitrogen and oxygen atoms in total. The van der Waals surface area contributed by atoms with E-state index in [0.29, 0.717) is 22.8 Å². The third kappa shape index (κ3) is 4.04. The number of hydrogen-bond donors (Lipinski definition) is 1. The molecule has 4 rings (SSSR count). The molecule has 0 aliphatic heterocycles. The zero-order valence-corrected chi connectivity index (χ0v) is 16.7. The Hall–Kier alpha value is -3.65. The molecule has 0 aliphatic rings. The van der Waals surface area contributed by atoms with Gasteiger partial charge in [-0.3, -0.25) is 9.59 Å². The van der Waals surface area contributed by atoms with Crippen molar-refractivity contribution in [2.45, 2.75) is 13.3 Å². The highest BCUT2D eigenvalue weighted by molar-refractivity contribution is 6.30. The van der Waals surface area contributed by atoms with Crippen molar-refractivity contribution >= 4 is 29.0 Å². The summed E-state index contributed by atoms with van der Waals surface area (Å²) >= 11 is 5.83. The Morgan fingerprint density at radius 3 is 2.60 bits per heavy atom. The number of fused-ring (bicyclic) bond motifs is 1. The monoisotopic (exact) mass is 424 g/mol. The van der Waals surface area contributed by atoms with Gasteiger partial charge in [-0.2, -0.15) is 0 Å². The molecule has 0 atom stereocenters. The van der Waals surface area contributed by atoms with Gasteiger partial charge < -0.3 is 14.5 Å². The first kappa shape index (κ1) is 19.7. The predicted octanol–water partition coefficient (Wildman–Crippen LogP) is 4.04. The van der Waals surface area contributed by atoms with Gasteiger partial charge in [0.2, 0.25) is 5.89 Å². The molecule has 9 heteroatoms. The standard InChI is InChI=1S/C21H17ClN4O4/c1-2-11-29-16-9-5-14(6-10-16)19-25-26-20(28)17(12-23-21(26)30-19)24-18(27)13-3-7-15(22)8-4-13/h3-10,12H,2,11H2,1H3,(H,24,27). The third-order valence-corrected chi connectivity index (χ3v) is 4.47. The number of hydrogen-bond acceptors (Lipinski definition) is 6. The molecule has 1 N–H and O–H groups in total. The average Bonchev–Trinajstić information content (AvgIpc) is 3.20. The molecule has 0 spiro atoms. The molecular weight excluding hydrogens is 408 g/mol. The molecule has 4 aromatic rings. The van der Waals surface area contributed by atoms with Gasteiger partial charge in [-0.25, -0.2) is 4.98 Å². The first-order chi connectivity index (χ1) is 14.5. The number of carbonyl (C=O) groups excluding carboxylic acids is 1. The number of carbonyl (C=O) groups is 1. The summed E-state index contributed by atoms with van der Waals surface area (Å²) in [6.45, 7) is 2.66. The van der Waals surface area contributed by atoms with Crippen molar-refractivity contribution in [1.29, 1.82) is 0 Å². The van der Waals surface area contributed by atoms with Crippen LogP contribution in [0.25, 0.3) is 17.3 Å².